The quantitative estimate of drug-likeness (QED) is 0.621. The molecule has 0 saturated heterocycles. The minimum Gasteiger partial charge on any atom is -0.372 e. The average molecular weight is 458 g/mol. The second kappa shape index (κ2) is 9.50. The fraction of sp³-hybridized carbons (Fsp3) is 0.520. The number of aromatic nitrogens is 2. The number of rotatable bonds is 5. The summed E-state index contributed by atoms with van der Waals surface area (Å²) in [6.45, 7) is 2.50. The zero-order valence-corrected chi connectivity index (χ0v) is 19.1. The van der Waals surface area contributed by atoms with Gasteiger partial charge in [-0.15, -0.1) is 6.42 Å². The molecule has 1 fully saturated rings. The summed E-state index contributed by atoms with van der Waals surface area (Å²) in [5.74, 6) is -0.305. The van der Waals surface area contributed by atoms with Crippen molar-refractivity contribution in [2.75, 3.05) is 35.3 Å². The average Bonchev–Trinajstić information content (AvgIpc) is 2.95. The van der Waals surface area contributed by atoms with Crippen LogP contribution in [0.25, 0.3) is 0 Å². The third-order valence-electron chi connectivity index (χ3n) is 6.74. The maximum Gasteiger partial charge on any atom is 0.248 e. The molecule has 176 valence electrons. The summed E-state index contributed by atoms with van der Waals surface area (Å²) in [5, 5.41) is 3.18. The lowest BCUT2D eigenvalue weighted by atomic mass is 9.77. The molecule has 3 atom stereocenters. The fourth-order valence-electron chi connectivity index (χ4n) is 4.93. The maximum absolute atomic E-state index is 14.0. The van der Waals surface area contributed by atoms with Crippen LogP contribution >= 0.6 is 0 Å². The Hall–Kier alpha value is -2.95. The summed E-state index contributed by atoms with van der Waals surface area (Å²) in [6.07, 6.45) is 11.4. The minimum absolute atomic E-state index is 0.0139. The summed E-state index contributed by atoms with van der Waals surface area (Å²) in [7, 11) is 2.01. The number of hydrogen-bond donors (Lipinski definition) is 1. The molecule has 2 aromatic rings. The van der Waals surface area contributed by atoms with Gasteiger partial charge in [0.2, 0.25) is 5.92 Å². The van der Waals surface area contributed by atoms with Gasteiger partial charge in [0.1, 0.15) is 5.82 Å². The van der Waals surface area contributed by atoms with Crippen molar-refractivity contribution >= 4 is 17.2 Å². The summed E-state index contributed by atoms with van der Waals surface area (Å²) in [4.78, 5) is 13.0. The van der Waals surface area contributed by atoms with Crippen LogP contribution in [-0.4, -0.2) is 42.2 Å². The molecule has 3 heterocycles. The number of terminal acetylenes is 1. The van der Waals surface area contributed by atoms with Crippen LogP contribution in [0.4, 0.5) is 30.4 Å². The van der Waals surface area contributed by atoms with Crippen LogP contribution in [0.1, 0.15) is 50.6 Å². The van der Waals surface area contributed by atoms with Crippen LogP contribution < -0.4 is 15.1 Å². The van der Waals surface area contributed by atoms with E-state index in [4.69, 9.17) is 11.4 Å². The van der Waals surface area contributed by atoms with Crippen molar-refractivity contribution in [3.63, 3.8) is 0 Å². The molecule has 8 heteroatoms. The SMILES string of the molecule is C#CC(Nc1cncc(F)c1)N1CCCN(C)c2ccc(C3CCCC(C(C)(F)F)C3)nc21. The highest BCUT2D eigenvalue weighted by Gasteiger charge is 2.38. The number of alkyl halides is 2. The first-order valence-electron chi connectivity index (χ1n) is 11.5. The van der Waals surface area contributed by atoms with E-state index in [1.54, 1.807) is 0 Å². The van der Waals surface area contributed by atoms with Crippen LogP contribution in [-0.2, 0) is 0 Å². The summed E-state index contributed by atoms with van der Waals surface area (Å²) in [6, 6.07) is 5.33. The topological polar surface area (TPSA) is 44.3 Å². The highest BCUT2D eigenvalue weighted by molar-refractivity contribution is 5.70. The second-order valence-electron chi connectivity index (χ2n) is 9.17. The molecule has 1 saturated carbocycles. The van der Waals surface area contributed by atoms with E-state index in [1.807, 2.05) is 24.1 Å². The van der Waals surface area contributed by atoms with Gasteiger partial charge in [-0.1, -0.05) is 12.3 Å². The normalized spacial score (nSPS) is 22.2. The number of hydrogen-bond acceptors (Lipinski definition) is 5. The molecular formula is C25H30F3N5. The standard InChI is InChI=1S/C25H30F3N5/c1-4-23(30-20-14-19(26)15-29-16-20)33-12-6-11-32(3)22-10-9-21(31-24(22)33)17-7-5-8-18(13-17)25(2,27)28/h1,9-10,14-18,23,30H,5-8,11-13H2,2-3H3. The van der Waals surface area contributed by atoms with Crippen LogP contribution in [0.2, 0.25) is 0 Å². The van der Waals surface area contributed by atoms with Crippen molar-refractivity contribution < 1.29 is 13.2 Å². The first-order valence-corrected chi connectivity index (χ1v) is 11.5. The van der Waals surface area contributed by atoms with Crippen LogP contribution in [0, 0.1) is 24.1 Å². The lowest BCUT2D eigenvalue weighted by molar-refractivity contribution is -0.0560. The highest BCUT2D eigenvalue weighted by Crippen LogP contribution is 2.43. The molecule has 33 heavy (non-hydrogen) atoms. The number of pyridine rings is 2. The second-order valence-corrected chi connectivity index (χ2v) is 9.17. The minimum atomic E-state index is -2.69. The predicted molar refractivity (Wildman–Crippen MR) is 125 cm³/mol. The molecule has 1 aliphatic carbocycles. The van der Waals surface area contributed by atoms with Crippen molar-refractivity contribution in [1.82, 2.24) is 9.97 Å². The molecule has 1 N–H and O–H groups in total. The van der Waals surface area contributed by atoms with Gasteiger partial charge in [-0.05, 0) is 44.7 Å². The fourth-order valence-corrected chi connectivity index (χ4v) is 4.93. The van der Waals surface area contributed by atoms with Gasteiger partial charge in [0, 0.05) is 43.7 Å². The number of anilines is 3. The van der Waals surface area contributed by atoms with Gasteiger partial charge in [-0.2, -0.15) is 0 Å². The first kappa shape index (κ1) is 23.2. The zero-order chi connectivity index (χ0) is 23.6. The van der Waals surface area contributed by atoms with Gasteiger partial charge in [0.25, 0.3) is 0 Å². The lowest BCUT2D eigenvalue weighted by Gasteiger charge is -2.34. The molecule has 0 bridgehead atoms. The molecule has 0 spiro atoms. The van der Waals surface area contributed by atoms with Gasteiger partial charge >= 0.3 is 0 Å². The van der Waals surface area contributed by atoms with E-state index in [0.717, 1.165) is 56.1 Å². The van der Waals surface area contributed by atoms with E-state index in [-0.39, 0.29) is 5.92 Å². The Labute approximate surface area is 193 Å². The first-order chi connectivity index (χ1) is 15.8. The van der Waals surface area contributed by atoms with Gasteiger partial charge in [-0.3, -0.25) is 4.98 Å². The molecule has 4 rings (SSSR count). The van der Waals surface area contributed by atoms with E-state index in [2.05, 4.69) is 21.1 Å². The Kier molecular flexibility index (Phi) is 6.68. The van der Waals surface area contributed by atoms with Crippen molar-refractivity contribution in [3.05, 3.63) is 42.1 Å². The third kappa shape index (κ3) is 5.18. The lowest BCUT2D eigenvalue weighted by Crippen LogP contribution is -2.41. The predicted octanol–water partition coefficient (Wildman–Crippen LogP) is 5.26. The van der Waals surface area contributed by atoms with E-state index in [0.29, 0.717) is 25.1 Å². The molecule has 3 unspecified atom stereocenters. The van der Waals surface area contributed by atoms with Gasteiger partial charge in [-0.25, -0.2) is 18.2 Å². The van der Waals surface area contributed by atoms with E-state index in [1.165, 1.54) is 12.3 Å². The summed E-state index contributed by atoms with van der Waals surface area (Å²) < 4.78 is 41.7. The smallest absolute Gasteiger partial charge is 0.248 e. The van der Waals surface area contributed by atoms with Gasteiger partial charge in [0.15, 0.2) is 12.0 Å². The van der Waals surface area contributed by atoms with E-state index >= 15 is 0 Å². The largest absolute Gasteiger partial charge is 0.372 e. The van der Waals surface area contributed by atoms with Crippen molar-refractivity contribution in [2.24, 2.45) is 5.92 Å². The van der Waals surface area contributed by atoms with Gasteiger partial charge < -0.3 is 15.1 Å². The molecule has 5 nitrogen and oxygen atoms in total. The summed E-state index contributed by atoms with van der Waals surface area (Å²) in [5.41, 5.74) is 2.24. The van der Waals surface area contributed by atoms with Crippen LogP contribution in [0.3, 0.4) is 0 Å². The summed E-state index contributed by atoms with van der Waals surface area (Å²) >= 11 is 0. The monoisotopic (exact) mass is 457 g/mol. The Morgan fingerprint density at radius 1 is 1.21 bits per heavy atom. The molecule has 0 radical (unpaired) electrons. The number of nitrogens with zero attached hydrogens (tertiary/aromatic N) is 4. The van der Waals surface area contributed by atoms with Crippen LogP contribution in [0.5, 0.6) is 0 Å². The van der Waals surface area contributed by atoms with Crippen molar-refractivity contribution in [2.45, 2.75) is 57.0 Å². The van der Waals surface area contributed by atoms with E-state index in [9.17, 15) is 13.2 Å². The Morgan fingerprint density at radius 2 is 2.03 bits per heavy atom. The Morgan fingerprint density at radius 3 is 2.76 bits per heavy atom. The van der Waals surface area contributed by atoms with E-state index < -0.39 is 23.8 Å². The molecule has 2 aliphatic rings. The Balaban J connectivity index is 1.66. The third-order valence-corrected chi connectivity index (χ3v) is 6.74. The number of nitrogens with one attached hydrogen (secondary N) is 1. The molecule has 0 amide bonds. The maximum atomic E-state index is 14.0. The Bertz CT molecular complexity index is 1020. The molecule has 1 aliphatic heterocycles. The molecule has 0 aromatic carbocycles. The van der Waals surface area contributed by atoms with Crippen LogP contribution in [0.15, 0.2) is 30.6 Å². The number of halogens is 3. The highest BCUT2D eigenvalue weighted by atomic mass is 19.3. The number of fused-ring (bicyclic) bond motifs is 1. The molecular weight excluding hydrogens is 427 g/mol. The van der Waals surface area contributed by atoms with Gasteiger partial charge in [0.05, 0.1) is 23.8 Å². The van der Waals surface area contributed by atoms with Crippen molar-refractivity contribution in [3.8, 4) is 12.3 Å². The zero-order valence-electron chi connectivity index (χ0n) is 19.1. The molecule has 2 aromatic heterocycles. The van der Waals surface area contributed by atoms with Crippen molar-refractivity contribution in [1.29, 1.82) is 0 Å².